The van der Waals surface area contributed by atoms with Gasteiger partial charge in [0, 0.05) is 24.1 Å². The molecule has 0 radical (unpaired) electrons. The lowest BCUT2D eigenvalue weighted by molar-refractivity contribution is 0.252. The summed E-state index contributed by atoms with van der Waals surface area (Å²) in [7, 11) is 0. The summed E-state index contributed by atoms with van der Waals surface area (Å²) in [6, 6.07) is 0.774. The van der Waals surface area contributed by atoms with Gasteiger partial charge in [0.2, 0.25) is 0 Å². The number of nitrogens with zero attached hydrogens (tertiary/aromatic N) is 3. The molecule has 14 heavy (non-hydrogen) atoms. The van der Waals surface area contributed by atoms with E-state index in [0.717, 1.165) is 29.8 Å². The van der Waals surface area contributed by atoms with Crippen LogP contribution in [0.15, 0.2) is 0 Å². The van der Waals surface area contributed by atoms with Gasteiger partial charge < -0.3 is 5.73 Å². The monoisotopic (exact) mass is 212 g/mol. The minimum absolute atomic E-state index is 0.770. The fraction of sp³-hybridized carbons (Fsp3) is 0.778. The molecule has 2 N–H and O–H groups in total. The molecule has 1 aliphatic carbocycles. The van der Waals surface area contributed by atoms with Gasteiger partial charge in [0.15, 0.2) is 0 Å². The Bertz CT molecular complexity index is 295. The molecular formula is C9H16N4S. The maximum atomic E-state index is 5.77. The van der Waals surface area contributed by atoms with Gasteiger partial charge in [0.1, 0.15) is 10.7 Å². The summed E-state index contributed by atoms with van der Waals surface area (Å²) in [6.45, 7) is 4.22. The standard InChI is InChI=1S/C9H16N4S/c1-2-5-13(7-3-4-7)6-8-9(10)14-12-11-8/h7H,2-6,10H2,1H3. The second-order valence-corrected chi connectivity index (χ2v) is 4.57. The van der Waals surface area contributed by atoms with Gasteiger partial charge in [-0.3, -0.25) is 4.90 Å². The molecule has 1 aromatic heterocycles. The first-order valence-electron chi connectivity index (χ1n) is 5.12. The van der Waals surface area contributed by atoms with Crippen molar-refractivity contribution >= 4 is 16.5 Å². The Morgan fingerprint density at radius 2 is 2.36 bits per heavy atom. The summed E-state index contributed by atoms with van der Waals surface area (Å²) in [4.78, 5) is 2.47. The van der Waals surface area contributed by atoms with Gasteiger partial charge in [-0.25, -0.2) is 0 Å². The molecule has 2 rings (SSSR count). The van der Waals surface area contributed by atoms with E-state index in [0.29, 0.717) is 0 Å². The zero-order chi connectivity index (χ0) is 9.97. The summed E-state index contributed by atoms with van der Waals surface area (Å²) in [5.41, 5.74) is 6.73. The van der Waals surface area contributed by atoms with E-state index in [1.54, 1.807) is 0 Å². The Morgan fingerprint density at radius 3 is 2.86 bits per heavy atom. The molecule has 1 saturated carbocycles. The van der Waals surface area contributed by atoms with Crippen LogP contribution in [0, 0.1) is 0 Å². The normalized spacial score (nSPS) is 16.4. The van der Waals surface area contributed by atoms with Crippen molar-refractivity contribution in [3.63, 3.8) is 0 Å². The molecule has 1 heterocycles. The third-order valence-electron chi connectivity index (χ3n) is 2.51. The molecule has 0 unspecified atom stereocenters. The molecule has 0 saturated heterocycles. The van der Waals surface area contributed by atoms with Crippen molar-refractivity contribution in [2.45, 2.75) is 38.8 Å². The molecule has 78 valence electrons. The van der Waals surface area contributed by atoms with Crippen LogP contribution in [-0.4, -0.2) is 27.1 Å². The molecule has 5 heteroatoms. The van der Waals surface area contributed by atoms with E-state index >= 15 is 0 Å². The van der Waals surface area contributed by atoms with Crippen LogP contribution < -0.4 is 5.73 Å². The first-order chi connectivity index (χ1) is 6.81. The minimum Gasteiger partial charge on any atom is -0.388 e. The Labute approximate surface area is 88.3 Å². The molecule has 0 aromatic carbocycles. The van der Waals surface area contributed by atoms with E-state index in [1.807, 2.05) is 0 Å². The van der Waals surface area contributed by atoms with E-state index in [-0.39, 0.29) is 0 Å². The Morgan fingerprint density at radius 1 is 1.57 bits per heavy atom. The van der Waals surface area contributed by atoms with Gasteiger partial charge in [-0.2, -0.15) is 0 Å². The van der Waals surface area contributed by atoms with E-state index in [2.05, 4.69) is 21.4 Å². The Kier molecular flexibility index (Phi) is 2.98. The molecular weight excluding hydrogens is 196 g/mol. The maximum Gasteiger partial charge on any atom is 0.132 e. The van der Waals surface area contributed by atoms with Crippen LogP contribution in [0.2, 0.25) is 0 Å². The fourth-order valence-corrected chi connectivity index (χ4v) is 2.07. The highest BCUT2D eigenvalue weighted by Crippen LogP contribution is 2.29. The van der Waals surface area contributed by atoms with Crippen molar-refractivity contribution in [3.8, 4) is 0 Å². The number of hydrogen-bond donors (Lipinski definition) is 1. The Hall–Kier alpha value is -0.680. The summed E-state index contributed by atoms with van der Waals surface area (Å²) in [5.74, 6) is 0. The van der Waals surface area contributed by atoms with Gasteiger partial charge in [0.05, 0.1) is 0 Å². The molecule has 0 bridgehead atoms. The smallest absolute Gasteiger partial charge is 0.132 e. The molecule has 0 atom stereocenters. The van der Waals surface area contributed by atoms with Gasteiger partial charge >= 0.3 is 0 Å². The molecule has 1 fully saturated rings. The quantitative estimate of drug-likeness (QED) is 0.803. The lowest BCUT2D eigenvalue weighted by atomic mass is 10.3. The first kappa shape index (κ1) is 9.86. The predicted octanol–water partition coefficient (Wildman–Crippen LogP) is 1.49. The van der Waals surface area contributed by atoms with E-state index < -0.39 is 0 Å². The molecule has 1 aromatic rings. The zero-order valence-corrected chi connectivity index (χ0v) is 9.26. The topological polar surface area (TPSA) is 55.0 Å². The van der Waals surface area contributed by atoms with E-state index in [4.69, 9.17) is 5.73 Å². The number of anilines is 1. The lowest BCUT2D eigenvalue weighted by Gasteiger charge is -2.19. The molecule has 4 nitrogen and oxygen atoms in total. The van der Waals surface area contributed by atoms with Crippen molar-refractivity contribution in [1.29, 1.82) is 0 Å². The van der Waals surface area contributed by atoms with E-state index in [1.165, 1.54) is 30.8 Å². The van der Waals surface area contributed by atoms with Crippen molar-refractivity contribution in [2.75, 3.05) is 12.3 Å². The zero-order valence-electron chi connectivity index (χ0n) is 8.44. The van der Waals surface area contributed by atoms with Gasteiger partial charge in [-0.05, 0) is 25.8 Å². The van der Waals surface area contributed by atoms with Crippen LogP contribution in [0.3, 0.4) is 0 Å². The van der Waals surface area contributed by atoms with E-state index in [9.17, 15) is 0 Å². The van der Waals surface area contributed by atoms with Crippen LogP contribution in [0.25, 0.3) is 0 Å². The van der Waals surface area contributed by atoms with Crippen LogP contribution in [0.5, 0.6) is 0 Å². The van der Waals surface area contributed by atoms with Crippen molar-refractivity contribution in [1.82, 2.24) is 14.5 Å². The third-order valence-corrected chi connectivity index (χ3v) is 3.11. The Balaban J connectivity index is 1.96. The largest absolute Gasteiger partial charge is 0.388 e. The number of nitrogens with two attached hydrogens (primary N) is 1. The maximum absolute atomic E-state index is 5.77. The van der Waals surface area contributed by atoms with Gasteiger partial charge in [-0.15, -0.1) is 5.10 Å². The highest BCUT2D eigenvalue weighted by molar-refractivity contribution is 7.09. The highest BCUT2D eigenvalue weighted by Gasteiger charge is 2.29. The summed E-state index contributed by atoms with van der Waals surface area (Å²) in [6.07, 6.45) is 3.85. The van der Waals surface area contributed by atoms with Crippen molar-refractivity contribution in [3.05, 3.63) is 5.69 Å². The molecule has 1 aliphatic rings. The lowest BCUT2D eigenvalue weighted by Crippen LogP contribution is -2.26. The van der Waals surface area contributed by atoms with Crippen LogP contribution in [0.1, 0.15) is 31.9 Å². The molecule has 0 aliphatic heterocycles. The number of rotatable bonds is 5. The van der Waals surface area contributed by atoms with Crippen LogP contribution >= 0.6 is 11.5 Å². The third kappa shape index (κ3) is 2.22. The second-order valence-electron chi connectivity index (χ2n) is 3.79. The van der Waals surface area contributed by atoms with Crippen LogP contribution in [-0.2, 0) is 6.54 Å². The molecule has 0 spiro atoms. The summed E-state index contributed by atoms with van der Waals surface area (Å²) < 4.78 is 3.85. The van der Waals surface area contributed by atoms with Crippen molar-refractivity contribution in [2.24, 2.45) is 0 Å². The number of hydrogen-bond acceptors (Lipinski definition) is 5. The molecule has 0 amide bonds. The second kappa shape index (κ2) is 4.23. The highest BCUT2D eigenvalue weighted by atomic mass is 32.1. The number of aromatic nitrogens is 2. The summed E-state index contributed by atoms with van der Waals surface area (Å²) >= 11 is 1.29. The van der Waals surface area contributed by atoms with Gasteiger partial charge in [-0.1, -0.05) is 11.4 Å². The number of nitrogen functional groups attached to an aromatic ring is 1. The average Bonchev–Trinajstić information content (AvgIpc) is 2.93. The van der Waals surface area contributed by atoms with Crippen molar-refractivity contribution < 1.29 is 0 Å². The minimum atomic E-state index is 0.770. The SMILES string of the molecule is CCCN(Cc1nnsc1N)C1CC1. The first-order valence-corrected chi connectivity index (χ1v) is 5.89. The average molecular weight is 212 g/mol. The predicted molar refractivity (Wildman–Crippen MR) is 58.0 cm³/mol. The van der Waals surface area contributed by atoms with Crippen LogP contribution in [0.4, 0.5) is 5.00 Å². The fourth-order valence-electron chi connectivity index (χ4n) is 1.64. The van der Waals surface area contributed by atoms with Gasteiger partial charge in [0.25, 0.3) is 0 Å². The summed E-state index contributed by atoms with van der Waals surface area (Å²) in [5, 5.41) is 4.82.